The van der Waals surface area contributed by atoms with Crippen molar-refractivity contribution in [2.24, 2.45) is 74.7 Å². The van der Waals surface area contributed by atoms with Gasteiger partial charge in [-0.15, -0.1) is 6.58 Å². The number of urea groups is 2. The van der Waals surface area contributed by atoms with Crippen LogP contribution < -0.4 is 47.7 Å². The number of ether oxygens (including phenoxy) is 1. The molecule has 0 radical (unpaired) electrons. The molecule has 6 aliphatic rings. The number of ketones is 4. The average molecular weight is 1260 g/mol. The summed E-state index contributed by atoms with van der Waals surface area (Å²) < 4.78 is 5.18. The van der Waals surface area contributed by atoms with Crippen molar-refractivity contribution in [1.82, 2.24) is 47.0 Å². The van der Waals surface area contributed by atoms with Crippen LogP contribution in [0.5, 0.6) is 5.75 Å². The van der Waals surface area contributed by atoms with Gasteiger partial charge < -0.3 is 57.5 Å². The first-order chi connectivity index (χ1) is 41.8. The van der Waals surface area contributed by atoms with Gasteiger partial charge in [0.2, 0.25) is 35.2 Å². The molecular weight excluding hydrogens is 1150 g/mol. The van der Waals surface area contributed by atoms with Crippen molar-refractivity contribution < 1.29 is 62.3 Å². The molecule has 23 nitrogen and oxygen atoms in total. The summed E-state index contributed by atoms with van der Waals surface area (Å²) in [6, 6.07) is -2.04. The predicted molar refractivity (Wildman–Crippen MR) is 338 cm³/mol. The SMILES string of the molecule is C=CCNC(=O)C(=O)C(CCC)NC(=O)[C@@H]1[C@@H]2[C@H](CN1C(=O)[C@@H](NC(=O)N[C@H](C(=O)c1ccc(OC)cc1)C(C)C)C(C)(C)C)C2(C)C.CC(C)[C@H](NC(=O)N[C@H](C(=O)N1C[C@H]2[C@@H]([C@H]1C(=O)NC(CC1CC1)C(=O)C(N)=O)C2(C)C)C(C)(C)C)C(=O)C1CCC1. The number of carbonyl (C=O) groups is 12. The Morgan fingerprint density at radius 3 is 1.49 bits per heavy atom. The number of rotatable bonds is 27. The van der Waals surface area contributed by atoms with Crippen LogP contribution in [-0.2, 0) is 43.2 Å². The van der Waals surface area contributed by atoms with Gasteiger partial charge in [-0.25, -0.2) is 9.59 Å². The maximum Gasteiger partial charge on any atom is 0.316 e. The number of primary amides is 1. The summed E-state index contributed by atoms with van der Waals surface area (Å²) in [5.74, 6) is -5.28. The number of nitrogens with one attached hydrogen (secondary N) is 7. The summed E-state index contributed by atoms with van der Waals surface area (Å²) >= 11 is 0. The van der Waals surface area contributed by atoms with Gasteiger partial charge >= 0.3 is 12.1 Å². The molecule has 498 valence electrons. The minimum Gasteiger partial charge on any atom is -0.497 e. The molecule has 0 aromatic heterocycles. The van der Waals surface area contributed by atoms with Gasteiger partial charge in [-0.3, -0.25) is 47.9 Å². The number of carbonyl (C=O) groups excluding carboxylic acids is 12. The smallest absolute Gasteiger partial charge is 0.316 e. The largest absolute Gasteiger partial charge is 0.497 e. The molecule has 6 fully saturated rings. The molecule has 1 aromatic carbocycles. The summed E-state index contributed by atoms with van der Waals surface area (Å²) in [6.07, 6.45) is 7.12. The van der Waals surface area contributed by atoms with E-state index in [9.17, 15) is 57.5 Å². The molecule has 0 bridgehead atoms. The second kappa shape index (κ2) is 28.5. The van der Waals surface area contributed by atoms with E-state index in [1.165, 1.54) is 23.0 Å². The molecule has 4 saturated carbocycles. The van der Waals surface area contributed by atoms with Crippen molar-refractivity contribution >= 4 is 70.6 Å². The van der Waals surface area contributed by atoms with Crippen molar-refractivity contribution in [1.29, 1.82) is 0 Å². The van der Waals surface area contributed by atoms with Gasteiger partial charge in [0.25, 0.3) is 11.8 Å². The third-order valence-electron chi connectivity index (χ3n) is 19.7. The van der Waals surface area contributed by atoms with E-state index in [4.69, 9.17) is 10.5 Å². The average Bonchev–Trinajstić information content (AvgIpc) is 1.53. The van der Waals surface area contributed by atoms with E-state index in [2.05, 4.69) is 57.6 Å². The van der Waals surface area contributed by atoms with Crippen molar-refractivity contribution in [3.8, 4) is 5.75 Å². The number of amides is 10. The van der Waals surface area contributed by atoms with Crippen LogP contribution >= 0.6 is 0 Å². The fourth-order valence-corrected chi connectivity index (χ4v) is 13.4. The minimum absolute atomic E-state index is 0.0230. The number of nitrogens with zero attached hydrogens (tertiary/aromatic N) is 2. The molecule has 2 heterocycles. The van der Waals surface area contributed by atoms with E-state index in [-0.39, 0.29) is 82.7 Å². The molecule has 2 unspecified atom stereocenters. The Labute approximate surface area is 531 Å². The van der Waals surface area contributed by atoms with Gasteiger partial charge in [0.15, 0.2) is 11.6 Å². The lowest BCUT2D eigenvalue weighted by molar-refractivity contribution is -0.145. The molecule has 7 rings (SSSR count). The zero-order valence-corrected chi connectivity index (χ0v) is 55.9. The molecule has 0 spiro atoms. The Kier molecular flexibility index (Phi) is 22.8. The molecule has 2 aliphatic heterocycles. The topological polar surface area (TPSA) is 331 Å². The molecule has 1 aromatic rings. The van der Waals surface area contributed by atoms with E-state index in [1.807, 2.05) is 90.0 Å². The first kappa shape index (κ1) is 71.9. The predicted octanol–water partition coefficient (Wildman–Crippen LogP) is 5.17. The molecule has 4 aliphatic carbocycles. The molecule has 9 N–H and O–H groups in total. The number of nitrogens with two attached hydrogens (primary N) is 1. The maximum atomic E-state index is 14.3. The summed E-state index contributed by atoms with van der Waals surface area (Å²) in [4.78, 5) is 162. The van der Waals surface area contributed by atoms with Crippen LogP contribution in [0, 0.1) is 69.0 Å². The highest BCUT2D eigenvalue weighted by Gasteiger charge is 2.71. The molecule has 12 atom stereocenters. The van der Waals surface area contributed by atoms with E-state index in [0.717, 1.165) is 32.1 Å². The normalized spacial score (nSPS) is 23.8. The summed E-state index contributed by atoms with van der Waals surface area (Å²) in [7, 11) is 1.53. The zero-order chi connectivity index (χ0) is 67.4. The maximum absolute atomic E-state index is 14.3. The van der Waals surface area contributed by atoms with Crippen molar-refractivity contribution in [2.75, 3.05) is 26.7 Å². The molecular formula is C67H102N10O13. The second-order valence-electron chi connectivity index (χ2n) is 29.9. The fraction of sp³-hybridized carbons (Fsp3) is 0.701. The van der Waals surface area contributed by atoms with E-state index < -0.39 is 118 Å². The van der Waals surface area contributed by atoms with E-state index in [0.29, 0.717) is 37.2 Å². The monoisotopic (exact) mass is 1250 g/mol. The number of piperidine rings is 2. The number of hydrogen-bond acceptors (Lipinski definition) is 13. The van der Waals surface area contributed by atoms with Crippen LogP contribution in [0.3, 0.4) is 0 Å². The molecule has 23 heteroatoms. The molecule has 90 heavy (non-hydrogen) atoms. The number of methoxy groups -OCH3 is 1. The standard InChI is InChI=1S/C36H53N5O7.C31H49N5O6/c1-11-13-24(29(43)32(45)37-18-12-2)38-31(44)27-25-23(36(25,8)9)19-41(27)33(46)30(35(5,6)7)40-34(47)39-26(20(3)4)28(42)21-14-16-22(48-10)17-15-21;1-15(2)21(23(37)17-9-8-10-17)34-29(42)35-25(30(3,4)5)28(41)36-14-18-20(31(18,6)7)22(36)27(40)33-19(13-16-11-12-16)24(38)26(32)39/h12,14-17,20,23-27,30H,2,11,13,18-19H2,1,3-10H3,(H,37,45)(H,38,44)(H2,39,40,47);15-22,25H,8-14H2,1-7H3,(H2,32,39)(H,33,40)(H2,34,35,42)/t23-,24?,25-,26-,27-,30+;18-,19?,20-,21-,22-,25+/m00/s1. The number of hydrogen-bond donors (Lipinski definition) is 8. The van der Waals surface area contributed by atoms with E-state index in [1.54, 1.807) is 24.3 Å². The molecule has 2 saturated heterocycles. The lowest BCUT2D eigenvalue weighted by Crippen LogP contribution is -2.62. The highest BCUT2D eigenvalue weighted by molar-refractivity contribution is 6.38. The van der Waals surface area contributed by atoms with Crippen molar-refractivity contribution in [2.45, 2.75) is 204 Å². The molecule has 10 amide bonds. The number of fused-ring (bicyclic) bond motifs is 2. The Morgan fingerprint density at radius 1 is 0.656 bits per heavy atom. The fourth-order valence-electron chi connectivity index (χ4n) is 13.4. The number of likely N-dealkylation sites (tertiary alicyclic amines) is 2. The Morgan fingerprint density at radius 2 is 1.11 bits per heavy atom. The number of Topliss-reactive ketones (excluding diaryl/α,β-unsaturated/α-hetero) is 4. The Hall–Kier alpha value is -7.20. The van der Waals surface area contributed by atoms with Gasteiger partial charge in [-0.2, -0.15) is 0 Å². The van der Waals surface area contributed by atoms with Crippen LogP contribution in [0.25, 0.3) is 0 Å². The highest BCUT2D eigenvalue weighted by atomic mass is 16.5. The van der Waals surface area contributed by atoms with Crippen molar-refractivity contribution in [3.63, 3.8) is 0 Å². The quantitative estimate of drug-likeness (QED) is 0.0321. The minimum atomic E-state index is -1.09. The number of benzene rings is 1. The first-order valence-corrected chi connectivity index (χ1v) is 32.2. The lowest BCUT2D eigenvalue weighted by Gasteiger charge is -2.38. The lowest BCUT2D eigenvalue weighted by atomic mass is 9.78. The zero-order valence-electron chi connectivity index (χ0n) is 55.9. The second-order valence-corrected chi connectivity index (χ2v) is 29.9. The Balaban J connectivity index is 0.000000289. The van der Waals surface area contributed by atoms with Crippen LogP contribution in [0.1, 0.15) is 166 Å². The van der Waals surface area contributed by atoms with Crippen LogP contribution in [0.2, 0.25) is 0 Å². The van der Waals surface area contributed by atoms with Gasteiger partial charge in [-0.1, -0.05) is 136 Å². The third kappa shape index (κ3) is 16.5. The van der Waals surface area contributed by atoms with Gasteiger partial charge in [-0.05, 0) is 113 Å². The van der Waals surface area contributed by atoms with Gasteiger partial charge in [0.05, 0.1) is 31.3 Å². The Bertz CT molecular complexity index is 2920. The van der Waals surface area contributed by atoms with Crippen LogP contribution in [-0.4, -0.2) is 156 Å². The van der Waals surface area contributed by atoms with Gasteiger partial charge in [0.1, 0.15) is 29.9 Å². The summed E-state index contributed by atoms with van der Waals surface area (Å²) in [5, 5.41) is 19.2. The van der Waals surface area contributed by atoms with Crippen LogP contribution in [0.15, 0.2) is 36.9 Å². The first-order valence-electron chi connectivity index (χ1n) is 32.2. The van der Waals surface area contributed by atoms with Crippen molar-refractivity contribution in [3.05, 3.63) is 42.5 Å². The van der Waals surface area contributed by atoms with Crippen LogP contribution in [0.4, 0.5) is 9.59 Å². The third-order valence-corrected chi connectivity index (χ3v) is 19.7. The summed E-state index contributed by atoms with van der Waals surface area (Å²) in [5.41, 5.74) is 3.82. The van der Waals surface area contributed by atoms with Gasteiger partial charge in [0, 0.05) is 31.1 Å². The summed E-state index contributed by atoms with van der Waals surface area (Å²) in [6.45, 7) is 32.7. The highest BCUT2D eigenvalue weighted by Crippen LogP contribution is 2.66. The van der Waals surface area contributed by atoms with E-state index >= 15 is 0 Å².